The Bertz CT molecular complexity index is 218. The quantitative estimate of drug-likeness (QED) is 0.676. The maximum Gasteiger partial charge on any atom is 0.222 e. The molecule has 0 radical (unpaired) electrons. The lowest BCUT2D eigenvalue weighted by Gasteiger charge is -2.16. The van der Waals surface area contributed by atoms with Gasteiger partial charge in [0, 0.05) is 18.4 Å². The van der Waals surface area contributed by atoms with Crippen molar-refractivity contribution in [3.05, 3.63) is 0 Å². The number of hydrogen-bond donors (Lipinski definition) is 1. The largest absolute Gasteiger partial charge is 0.381 e. The van der Waals surface area contributed by atoms with Crippen molar-refractivity contribution in [2.45, 2.75) is 34.1 Å². The molecule has 0 bridgehead atoms. The summed E-state index contributed by atoms with van der Waals surface area (Å²) in [6.07, 6.45) is 0.311. The van der Waals surface area contributed by atoms with Crippen LogP contribution in [-0.2, 0) is 14.3 Å². The molecule has 0 saturated heterocycles. The van der Waals surface area contributed by atoms with Gasteiger partial charge in [0.25, 0.3) is 0 Å². The Hall–Kier alpha value is -0.900. The van der Waals surface area contributed by atoms with E-state index in [1.165, 1.54) is 0 Å². The number of rotatable bonds is 6. The van der Waals surface area contributed by atoms with E-state index in [1.54, 1.807) is 0 Å². The lowest BCUT2D eigenvalue weighted by molar-refractivity contribution is -0.129. The second-order valence-electron chi connectivity index (χ2n) is 4.40. The summed E-state index contributed by atoms with van der Waals surface area (Å²) in [6, 6.07) is 0. The van der Waals surface area contributed by atoms with Crippen LogP contribution < -0.4 is 5.32 Å². The molecule has 0 atom stereocenters. The summed E-state index contributed by atoms with van der Waals surface area (Å²) in [7, 11) is 0. The highest BCUT2D eigenvalue weighted by Crippen LogP contribution is 2.13. The highest BCUT2D eigenvalue weighted by molar-refractivity contribution is 5.89. The maximum atomic E-state index is 11.5. The third-order valence-electron chi connectivity index (χ3n) is 1.96. The van der Waals surface area contributed by atoms with Crippen molar-refractivity contribution in [1.29, 1.82) is 0 Å². The number of carbonyl (C=O) groups is 2. The third-order valence-corrected chi connectivity index (χ3v) is 1.96. The molecule has 0 saturated carbocycles. The van der Waals surface area contributed by atoms with E-state index >= 15 is 0 Å². The first-order valence-corrected chi connectivity index (χ1v) is 5.25. The van der Waals surface area contributed by atoms with E-state index in [9.17, 15) is 9.59 Å². The second kappa shape index (κ2) is 6.56. The maximum absolute atomic E-state index is 11.5. The Morgan fingerprint density at radius 3 is 2.33 bits per heavy atom. The van der Waals surface area contributed by atoms with Crippen molar-refractivity contribution in [3.8, 4) is 0 Å². The molecular formula is C11H21NO3. The van der Waals surface area contributed by atoms with Crippen LogP contribution >= 0.6 is 0 Å². The number of nitrogens with one attached hydrogen (secondary N) is 1. The van der Waals surface area contributed by atoms with Gasteiger partial charge < -0.3 is 10.1 Å². The summed E-state index contributed by atoms with van der Waals surface area (Å²) in [6.45, 7) is 8.50. The highest BCUT2D eigenvalue weighted by atomic mass is 16.5. The van der Waals surface area contributed by atoms with Crippen LogP contribution in [0.2, 0.25) is 0 Å². The molecule has 0 aliphatic rings. The number of amides is 1. The van der Waals surface area contributed by atoms with E-state index in [2.05, 4.69) is 5.32 Å². The molecule has 4 nitrogen and oxygen atoms in total. The lowest BCUT2D eigenvalue weighted by Crippen LogP contribution is -2.35. The fourth-order valence-corrected chi connectivity index (χ4v) is 0.842. The highest BCUT2D eigenvalue weighted by Gasteiger charge is 2.20. The topological polar surface area (TPSA) is 55.4 Å². The predicted molar refractivity (Wildman–Crippen MR) is 58.6 cm³/mol. The van der Waals surface area contributed by atoms with Crippen LogP contribution in [0, 0.1) is 5.41 Å². The summed E-state index contributed by atoms with van der Waals surface area (Å²) in [5.41, 5.74) is -0.396. The summed E-state index contributed by atoms with van der Waals surface area (Å²) in [4.78, 5) is 22.7. The first-order chi connectivity index (χ1) is 6.88. The number of Topliss-reactive ketones (excluding diaryl/α,β-unsaturated/α-hetero) is 1. The minimum absolute atomic E-state index is 0.0345. The molecule has 0 aromatic heterocycles. The first-order valence-electron chi connectivity index (χ1n) is 5.25. The van der Waals surface area contributed by atoms with Crippen molar-refractivity contribution in [2.75, 3.05) is 19.8 Å². The Labute approximate surface area is 91.4 Å². The van der Waals surface area contributed by atoms with Gasteiger partial charge in [-0.2, -0.15) is 0 Å². The Balaban J connectivity index is 3.67. The van der Waals surface area contributed by atoms with E-state index < -0.39 is 5.41 Å². The van der Waals surface area contributed by atoms with E-state index in [-0.39, 0.29) is 18.2 Å². The van der Waals surface area contributed by atoms with Crippen LogP contribution in [0.25, 0.3) is 0 Å². The normalized spacial score (nSPS) is 11.2. The number of ketones is 1. The van der Waals surface area contributed by atoms with Gasteiger partial charge in [-0.05, 0) is 6.92 Å². The zero-order valence-corrected chi connectivity index (χ0v) is 10.1. The van der Waals surface area contributed by atoms with E-state index in [4.69, 9.17) is 4.74 Å². The van der Waals surface area contributed by atoms with Crippen molar-refractivity contribution < 1.29 is 14.3 Å². The minimum atomic E-state index is -0.396. The zero-order chi connectivity index (χ0) is 11.9. The average molecular weight is 215 g/mol. The van der Waals surface area contributed by atoms with Gasteiger partial charge in [0.05, 0.1) is 13.2 Å². The summed E-state index contributed by atoms with van der Waals surface area (Å²) < 4.78 is 5.03. The van der Waals surface area contributed by atoms with Gasteiger partial charge in [0.2, 0.25) is 5.91 Å². The van der Waals surface area contributed by atoms with Crippen molar-refractivity contribution in [3.63, 3.8) is 0 Å². The first kappa shape index (κ1) is 14.1. The van der Waals surface area contributed by atoms with Crippen LogP contribution in [0.15, 0.2) is 0 Å². The van der Waals surface area contributed by atoms with Crippen LogP contribution in [-0.4, -0.2) is 31.4 Å². The van der Waals surface area contributed by atoms with Crippen molar-refractivity contribution in [1.82, 2.24) is 5.32 Å². The number of ether oxygens (including phenoxy) is 1. The van der Waals surface area contributed by atoms with E-state index in [0.29, 0.717) is 19.6 Å². The zero-order valence-electron chi connectivity index (χ0n) is 10.1. The molecule has 0 aliphatic carbocycles. The average Bonchev–Trinajstić information content (AvgIpc) is 2.13. The molecule has 0 aliphatic heterocycles. The van der Waals surface area contributed by atoms with Crippen molar-refractivity contribution in [2.24, 2.45) is 5.41 Å². The van der Waals surface area contributed by atoms with Gasteiger partial charge in [-0.25, -0.2) is 0 Å². The fourth-order valence-electron chi connectivity index (χ4n) is 0.842. The van der Waals surface area contributed by atoms with Crippen LogP contribution in [0.5, 0.6) is 0 Å². The van der Waals surface area contributed by atoms with Gasteiger partial charge in [0.1, 0.15) is 0 Å². The number of hydrogen-bond acceptors (Lipinski definition) is 3. The van der Waals surface area contributed by atoms with Gasteiger partial charge >= 0.3 is 0 Å². The Kier molecular flexibility index (Phi) is 6.17. The molecule has 15 heavy (non-hydrogen) atoms. The molecule has 0 heterocycles. The van der Waals surface area contributed by atoms with Crippen LogP contribution in [0.4, 0.5) is 0 Å². The second-order valence-corrected chi connectivity index (χ2v) is 4.40. The SMILES string of the molecule is CCOCCC(=O)NCC(=O)C(C)(C)C. The fraction of sp³-hybridized carbons (Fsp3) is 0.818. The van der Waals surface area contributed by atoms with Crippen LogP contribution in [0.1, 0.15) is 34.1 Å². The van der Waals surface area contributed by atoms with Gasteiger partial charge in [0.15, 0.2) is 5.78 Å². The molecule has 88 valence electrons. The summed E-state index contributed by atoms with van der Waals surface area (Å²) >= 11 is 0. The number of carbonyl (C=O) groups excluding carboxylic acids is 2. The molecule has 1 N–H and O–H groups in total. The predicted octanol–water partition coefficient (Wildman–Crippen LogP) is 1.14. The van der Waals surface area contributed by atoms with Crippen LogP contribution in [0.3, 0.4) is 0 Å². The molecule has 0 aromatic carbocycles. The molecule has 0 spiro atoms. The minimum Gasteiger partial charge on any atom is -0.381 e. The molecule has 0 fully saturated rings. The van der Waals surface area contributed by atoms with E-state index in [1.807, 2.05) is 27.7 Å². The molecular weight excluding hydrogens is 194 g/mol. The summed E-state index contributed by atoms with van der Waals surface area (Å²) in [5.74, 6) is -0.103. The van der Waals surface area contributed by atoms with E-state index in [0.717, 1.165) is 0 Å². The standard InChI is InChI=1S/C11H21NO3/c1-5-15-7-6-10(14)12-8-9(13)11(2,3)4/h5-8H2,1-4H3,(H,12,14). The van der Waals surface area contributed by atoms with Gasteiger partial charge in [-0.15, -0.1) is 0 Å². The molecule has 0 aromatic rings. The third kappa shape index (κ3) is 7.08. The molecule has 0 unspecified atom stereocenters. The Morgan fingerprint density at radius 2 is 1.87 bits per heavy atom. The van der Waals surface area contributed by atoms with Gasteiger partial charge in [-0.3, -0.25) is 9.59 Å². The lowest BCUT2D eigenvalue weighted by atomic mass is 9.91. The van der Waals surface area contributed by atoms with Gasteiger partial charge in [-0.1, -0.05) is 20.8 Å². The smallest absolute Gasteiger partial charge is 0.222 e. The monoisotopic (exact) mass is 215 g/mol. The summed E-state index contributed by atoms with van der Waals surface area (Å²) in [5, 5.41) is 2.58. The van der Waals surface area contributed by atoms with Crippen molar-refractivity contribution >= 4 is 11.7 Å². The molecule has 4 heteroatoms. The molecule has 1 amide bonds. The molecule has 0 rings (SSSR count). The Morgan fingerprint density at radius 1 is 1.27 bits per heavy atom.